The van der Waals surface area contributed by atoms with Crippen molar-refractivity contribution in [3.63, 3.8) is 0 Å². The Morgan fingerprint density at radius 1 is 1.35 bits per heavy atom. The first kappa shape index (κ1) is 15.3. The smallest absolute Gasteiger partial charge is 0.0599 e. The molecule has 2 rings (SSSR count). The Hall–Kier alpha value is -1.13. The summed E-state index contributed by atoms with van der Waals surface area (Å²) >= 11 is 0. The highest BCUT2D eigenvalue weighted by atomic mass is 15.3. The molecule has 4 nitrogen and oxygen atoms in total. The van der Waals surface area contributed by atoms with Crippen LogP contribution in [0.1, 0.15) is 33.3 Å². The second-order valence-electron chi connectivity index (χ2n) is 6.88. The van der Waals surface area contributed by atoms with Gasteiger partial charge in [-0.15, -0.1) is 0 Å². The Morgan fingerprint density at radius 3 is 2.75 bits per heavy atom. The lowest BCUT2D eigenvalue weighted by Crippen LogP contribution is -2.50. The number of nitrogens with one attached hydrogen (secondary N) is 1. The summed E-state index contributed by atoms with van der Waals surface area (Å²) in [5.41, 5.74) is 2.76. The predicted molar refractivity (Wildman–Crippen MR) is 85.1 cm³/mol. The van der Waals surface area contributed by atoms with Crippen molar-refractivity contribution in [2.24, 2.45) is 0 Å². The molecule has 1 aliphatic rings. The quantitative estimate of drug-likeness (QED) is 0.916. The lowest BCUT2D eigenvalue weighted by molar-refractivity contribution is 0.234. The summed E-state index contributed by atoms with van der Waals surface area (Å²) in [6.07, 6.45) is 3.90. The third kappa shape index (κ3) is 3.93. The Morgan fingerprint density at radius 2 is 2.10 bits per heavy atom. The van der Waals surface area contributed by atoms with Crippen LogP contribution in [0.2, 0.25) is 0 Å². The van der Waals surface area contributed by atoms with Gasteiger partial charge in [-0.2, -0.15) is 0 Å². The van der Waals surface area contributed by atoms with Crippen molar-refractivity contribution in [2.75, 3.05) is 31.6 Å². The molecule has 0 saturated carbocycles. The van der Waals surface area contributed by atoms with Crippen LogP contribution in [0.5, 0.6) is 0 Å². The summed E-state index contributed by atoms with van der Waals surface area (Å²) < 4.78 is 0. The Labute approximate surface area is 123 Å². The first-order valence-electron chi connectivity index (χ1n) is 7.50. The van der Waals surface area contributed by atoms with Crippen LogP contribution < -0.4 is 10.2 Å². The first-order valence-corrected chi connectivity index (χ1v) is 7.50. The fourth-order valence-electron chi connectivity index (χ4n) is 2.48. The minimum absolute atomic E-state index is 0.135. The third-order valence-corrected chi connectivity index (χ3v) is 4.00. The van der Waals surface area contributed by atoms with E-state index in [2.05, 4.69) is 60.9 Å². The van der Waals surface area contributed by atoms with E-state index in [1.807, 2.05) is 12.4 Å². The van der Waals surface area contributed by atoms with Gasteiger partial charge in [0.05, 0.1) is 11.9 Å². The van der Waals surface area contributed by atoms with Crippen molar-refractivity contribution in [3.05, 3.63) is 24.0 Å². The van der Waals surface area contributed by atoms with Gasteiger partial charge in [0.1, 0.15) is 0 Å². The van der Waals surface area contributed by atoms with Gasteiger partial charge in [0.15, 0.2) is 0 Å². The van der Waals surface area contributed by atoms with Crippen LogP contribution in [0.15, 0.2) is 18.5 Å². The van der Waals surface area contributed by atoms with E-state index in [0.29, 0.717) is 6.04 Å². The molecule has 0 radical (unpaired) electrons. The van der Waals surface area contributed by atoms with Crippen LogP contribution in [-0.2, 0) is 6.54 Å². The van der Waals surface area contributed by atoms with Crippen LogP contribution in [0, 0.1) is 0 Å². The van der Waals surface area contributed by atoms with Gasteiger partial charge in [0, 0.05) is 44.0 Å². The number of hydrogen-bond acceptors (Lipinski definition) is 4. The van der Waals surface area contributed by atoms with E-state index >= 15 is 0 Å². The maximum atomic E-state index is 4.33. The zero-order valence-corrected chi connectivity index (χ0v) is 13.5. The molecule has 0 amide bonds. The molecule has 1 aromatic heterocycles. The molecule has 20 heavy (non-hydrogen) atoms. The molecule has 1 saturated heterocycles. The Bertz CT molecular complexity index is 438. The first-order chi connectivity index (χ1) is 9.37. The van der Waals surface area contributed by atoms with Crippen LogP contribution in [0.4, 0.5) is 5.69 Å². The number of pyridine rings is 1. The minimum Gasteiger partial charge on any atom is -0.367 e. The number of nitrogens with zero attached hydrogens (tertiary/aromatic N) is 3. The van der Waals surface area contributed by atoms with Crippen LogP contribution in [0.3, 0.4) is 0 Å². The summed E-state index contributed by atoms with van der Waals surface area (Å²) in [5.74, 6) is 0. The van der Waals surface area contributed by atoms with Crippen molar-refractivity contribution < 1.29 is 0 Å². The van der Waals surface area contributed by atoms with Gasteiger partial charge < -0.3 is 15.1 Å². The average molecular weight is 276 g/mol. The monoisotopic (exact) mass is 276 g/mol. The molecule has 1 atom stereocenters. The predicted octanol–water partition coefficient (Wildman–Crippen LogP) is 2.11. The summed E-state index contributed by atoms with van der Waals surface area (Å²) in [6, 6.07) is 2.73. The normalized spacial score (nSPS) is 21.2. The molecule has 0 bridgehead atoms. The summed E-state index contributed by atoms with van der Waals surface area (Å²) in [7, 11) is 2.20. The molecular formula is C16H28N4. The van der Waals surface area contributed by atoms with E-state index in [1.54, 1.807) is 0 Å². The van der Waals surface area contributed by atoms with E-state index in [4.69, 9.17) is 0 Å². The highest BCUT2D eigenvalue weighted by molar-refractivity contribution is 5.52. The van der Waals surface area contributed by atoms with Crippen molar-refractivity contribution in [2.45, 2.75) is 45.8 Å². The second-order valence-corrected chi connectivity index (χ2v) is 6.88. The molecule has 1 aliphatic heterocycles. The molecule has 1 aromatic rings. The van der Waals surface area contributed by atoms with Crippen LogP contribution >= 0.6 is 0 Å². The lowest BCUT2D eigenvalue weighted by atomic mass is 10.1. The molecule has 0 aliphatic carbocycles. The van der Waals surface area contributed by atoms with Gasteiger partial charge in [-0.05, 0) is 46.4 Å². The topological polar surface area (TPSA) is 31.4 Å². The summed E-state index contributed by atoms with van der Waals surface area (Å²) in [4.78, 5) is 9.21. The average Bonchev–Trinajstić information content (AvgIpc) is 2.39. The van der Waals surface area contributed by atoms with Gasteiger partial charge >= 0.3 is 0 Å². The number of hydrogen-bond donors (Lipinski definition) is 1. The molecular weight excluding hydrogens is 248 g/mol. The number of likely N-dealkylation sites (N-methyl/N-ethyl adjacent to an activating group) is 1. The zero-order chi connectivity index (χ0) is 14.8. The molecule has 1 N–H and O–H groups in total. The molecule has 4 heteroatoms. The van der Waals surface area contributed by atoms with E-state index in [9.17, 15) is 0 Å². The lowest BCUT2D eigenvalue weighted by Gasteiger charge is -2.39. The fraction of sp³-hybridized carbons (Fsp3) is 0.688. The highest BCUT2D eigenvalue weighted by Crippen LogP contribution is 2.22. The van der Waals surface area contributed by atoms with Crippen LogP contribution in [0.25, 0.3) is 0 Å². The van der Waals surface area contributed by atoms with Gasteiger partial charge in [-0.3, -0.25) is 4.98 Å². The summed E-state index contributed by atoms with van der Waals surface area (Å²) in [6.45, 7) is 13.0. The molecule has 1 fully saturated rings. The van der Waals surface area contributed by atoms with E-state index in [-0.39, 0.29) is 5.54 Å². The number of piperazine rings is 1. The van der Waals surface area contributed by atoms with Gasteiger partial charge in [-0.25, -0.2) is 0 Å². The van der Waals surface area contributed by atoms with Gasteiger partial charge in [0.2, 0.25) is 0 Å². The maximum Gasteiger partial charge on any atom is 0.0599 e. The minimum atomic E-state index is 0.135. The second kappa shape index (κ2) is 6.10. The Balaban J connectivity index is 2.11. The maximum absolute atomic E-state index is 4.33. The SMILES string of the molecule is CC1CN(c2cnccc2CNC(C)(C)C)CCN1C. The third-order valence-electron chi connectivity index (χ3n) is 4.00. The van der Waals surface area contributed by atoms with Gasteiger partial charge in [0.25, 0.3) is 0 Å². The number of anilines is 1. The molecule has 2 heterocycles. The standard InChI is InChI=1S/C16H28N4/c1-13-12-20(9-8-19(13)5)15-11-17-7-6-14(15)10-18-16(2,3)4/h6-7,11,13,18H,8-10,12H2,1-5H3. The van der Waals surface area contributed by atoms with Crippen molar-refractivity contribution in [1.82, 2.24) is 15.2 Å². The van der Waals surface area contributed by atoms with Crippen molar-refractivity contribution >= 4 is 5.69 Å². The Kier molecular flexibility index (Phi) is 4.66. The molecule has 1 unspecified atom stereocenters. The molecule has 112 valence electrons. The van der Waals surface area contributed by atoms with Crippen molar-refractivity contribution in [1.29, 1.82) is 0 Å². The highest BCUT2D eigenvalue weighted by Gasteiger charge is 2.22. The van der Waals surface area contributed by atoms with E-state index < -0.39 is 0 Å². The largest absolute Gasteiger partial charge is 0.367 e. The number of aromatic nitrogens is 1. The zero-order valence-electron chi connectivity index (χ0n) is 13.5. The van der Waals surface area contributed by atoms with E-state index in [1.165, 1.54) is 11.3 Å². The number of rotatable bonds is 3. The fourth-order valence-corrected chi connectivity index (χ4v) is 2.48. The van der Waals surface area contributed by atoms with E-state index in [0.717, 1.165) is 26.2 Å². The van der Waals surface area contributed by atoms with Crippen molar-refractivity contribution in [3.8, 4) is 0 Å². The molecule has 0 spiro atoms. The van der Waals surface area contributed by atoms with Crippen LogP contribution in [-0.4, -0.2) is 48.1 Å². The molecule has 0 aromatic carbocycles. The van der Waals surface area contributed by atoms with Gasteiger partial charge in [-0.1, -0.05) is 0 Å². The summed E-state index contributed by atoms with van der Waals surface area (Å²) in [5, 5.41) is 3.57.